The molecule has 2 nitrogen and oxygen atoms in total. The second-order valence-corrected chi connectivity index (χ2v) is 6.73. The summed E-state index contributed by atoms with van der Waals surface area (Å²) in [4.78, 5) is 2.56. The van der Waals surface area contributed by atoms with Gasteiger partial charge < -0.3 is 10.2 Å². The third kappa shape index (κ3) is 3.79. The van der Waals surface area contributed by atoms with Crippen LogP contribution >= 0.6 is 0 Å². The number of hydrogen-bond donors (Lipinski definition) is 1. The van der Waals surface area contributed by atoms with Gasteiger partial charge in [0.05, 0.1) is 0 Å². The zero-order valence-electron chi connectivity index (χ0n) is 14.3. The van der Waals surface area contributed by atoms with Crippen LogP contribution in [0.4, 0.5) is 5.69 Å². The van der Waals surface area contributed by atoms with Gasteiger partial charge in [-0.2, -0.15) is 0 Å². The van der Waals surface area contributed by atoms with Crippen LogP contribution in [0.15, 0.2) is 24.3 Å². The molecule has 21 heavy (non-hydrogen) atoms. The van der Waals surface area contributed by atoms with E-state index in [1.807, 2.05) is 0 Å². The van der Waals surface area contributed by atoms with Crippen LogP contribution in [-0.4, -0.2) is 19.6 Å². The predicted molar refractivity (Wildman–Crippen MR) is 93.0 cm³/mol. The molecule has 0 amide bonds. The van der Waals surface area contributed by atoms with E-state index < -0.39 is 0 Å². The highest BCUT2D eigenvalue weighted by molar-refractivity contribution is 5.52. The first-order valence-corrected chi connectivity index (χ1v) is 8.72. The molecule has 1 saturated heterocycles. The maximum Gasteiger partial charge on any atom is 0.0369 e. The van der Waals surface area contributed by atoms with Crippen molar-refractivity contribution in [1.29, 1.82) is 0 Å². The summed E-state index contributed by atoms with van der Waals surface area (Å²) in [5.74, 6) is 0. The molecule has 118 valence electrons. The van der Waals surface area contributed by atoms with E-state index in [2.05, 4.69) is 62.2 Å². The molecule has 0 spiro atoms. The van der Waals surface area contributed by atoms with Gasteiger partial charge in [-0.15, -0.1) is 0 Å². The highest BCUT2D eigenvalue weighted by atomic mass is 15.2. The van der Waals surface area contributed by atoms with Crippen LogP contribution < -0.4 is 10.2 Å². The first kappa shape index (κ1) is 16.4. The molecule has 1 unspecified atom stereocenters. The van der Waals surface area contributed by atoms with Crippen molar-refractivity contribution < 1.29 is 0 Å². The van der Waals surface area contributed by atoms with E-state index in [-0.39, 0.29) is 0 Å². The highest BCUT2D eigenvalue weighted by Crippen LogP contribution is 2.42. The number of benzene rings is 1. The molecule has 1 atom stereocenters. The first-order valence-electron chi connectivity index (χ1n) is 8.72. The summed E-state index contributed by atoms with van der Waals surface area (Å²) >= 11 is 0. The lowest BCUT2D eigenvalue weighted by Gasteiger charge is -2.52. The molecule has 1 aromatic carbocycles. The molecule has 1 fully saturated rings. The van der Waals surface area contributed by atoms with E-state index in [4.69, 9.17) is 0 Å². The van der Waals surface area contributed by atoms with E-state index in [0.29, 0.717) is 11.5 Å². The molecule has 1 aliphatic rings. The highest BCUT2D eigenvalue weighted by Gasteiger charge is 2.41. The van der Waals surface area contributed by atoms with Crippen molar-refractivity contribution in [3.63, 3.8) is 0 Å². The lowest BCUT2D eigenvalue weighted by molar-refractivity contribution is 0.173. The fraction of sp³-hybridized carbons (Fsp3) is 0.684. The topological polar surface area (TPSA) is 15.3 Å². The molecule has 0 bridgehead atoms. The quantitative estimate of drug-likeness (QED) is 0.741. The Morgan fingerprint density at radius 3 is 2.38 bits per heavy atom. The number of anilines is 1. The molecular weight excluding hydrogens is 256 g/mol. The molecule has 0 saturated carbocycles. The van der Waals surface area contributed by atoms with Crippen LogP contribution in [0.3, 0.4) is 0 Å². The molecule has 0 aromatic heterocycles. The smallest absolute Gasteiger partial charge is 0.0369 e. The number of nitrogens with zero attached hydrogens (tertiary/aromatic N) is 1. The van der Waals surface area contributed by atoms with Crippen LogP contribution in [-0.2, 0) is 0 Å². The summed E-state index contributed by atoms with van der Waals surface area (Å²) in [5.41, 5.74) is 3.39. The van der Waals surface area contributed by atoms with Crippen molar-refractivity contribution in [3.8, 4) is 0 Å². The van der Waals surface area contributed by atoms with Crippen LogP contribution in [0.25, 0.3) is 0 Å². The summed E-state index contributed by atoms with van der Waals surface area (Å²) in [7, 11) is 0. The molecule has 2 heteroatoms. The SMILES string of the molecule is CCCC1(CCC)CN(c2cccc(C(C)NCC)c2)C1. The fourth-order valence-electron chi connectivity index (χ4n) is 3.86. The average Bonchev–Trinajstić information content (AvgIpc) is 2.45. The van der Waals surface area contributed by atoms with Gasteiger partial charge in [0, 0.05) is 30.2 Å². The average molecular weight is 288 g/mol. The van der Waals surface area contributed by atoms with Crippen LogP contribution in [0.1, 0.15) is 65.0 Å². The molecule has 0 radical (unpaired) electrons. The van der Waals surface area contributed by atoms with Crippen LogP contribution in [0, 0.1) is 5.41 Å². The van der Waals surface area contributed by atoms with Crippen molar-refractivity contribution >= 4 is 5.69 Å². The lowest BCUT2D eigenvalue weighted by atomic mass is 9.72. The number of rotatable bonds is 8. The van der Waals surface area contributed by atoms with E-state index in [1.165, 1.54) is 50.0 Å². The fourth-order valence-corrected chi connectivity index (χ4v) is 3.86. The van der Waals surface area contributed by atoms with Crippen LogP contribution in [0.2, 0.25) is 0 Å². The number of hydrogen-bond acceptors (Lipinski definition) is 2. The summed E-state index contributed by atoms with van der Waals surface area (Å²) < 4.78 is 0. The van der Waals surface area contributed by atoms with Gasteiger partial charge in [-0.25, -0.2) is 0 Å². The maximum absolute atomic E-state index is 3.50. The van der Waals surface area contributed by atoms with Crippen molar-refractivity contribution in [2.75, 3.05) is 24.5 Å². The monoisotopic (exact) mass is 288 g/mol. The Morgan fingerprint density at radius 1 is 1.14 bits per heavy atom. The molecule has 1 heterocycles. The standard InChI is InChI=1S/C19H32N2/c1-5-11-19(12-6-2)14-21(15-19)18-10-8-9-17(13-18)16(4)20-7-3/h8-10,13,16,20H,5-7,11-12,14-15H2,1-4H3. The molecule has 1 aromatic rings. The van der Waals surface area contributed by atoms with Gasteiger partial charge in [0.25, 0.3) is 0 Å². The number of nitrogens with one attached hydrogen (secondary N) is 1. The Hall–Kier alpha value is -1.02. The lowest BCUT2D eigenvalue weighted by Crippen LogP contribution is -2.56. The van der Waals surface area contributed by atoms with Gasteiger partial charge in [-0.1, -0.05) is 45.7 Å². The third-order valence-corrected chi connectivity index (χ3v) is 4.86. The largest absolute Gasteiger partial charge is 0.370 e. The zero-order chi connectivity index (χ0) is 15.3. The summed E-state index contributed by atoms with van der Waals surface area (Å²) in [6.07, 6.45) is 5.38. The van der Waals surface area contributed by atoms with Crippen molar-refractivity contribution in [3.05, 3.63) is 29.8 Å². The van der Waals surface area contributed by atoms with E-state index in [1.54, 1.807) is 0 Å². The van der Waals surface area contributed by atoms with Crippen LogP contribution in [0.5, 0.6) is 0 Å². The Balaban J connectivity index is 2.02. The summed E-state index contributed by atoms with van der Waals surface area (Å²) in [5, 5.41) is 3.50. The van der Waals surface area contributed by atoms with E-state index in [9.17, 15) is 0 Å². The molecule has 1 N–H and O–H groups in total. The summed E-state index contributed by atoms with van der Waals surface area (Å²) in [6.45, 7) is 12.6. The Bertz CT molecular complexity index is 427. The van der Waals surface area contributed by atoms with Gasteiger partial charge in [0.15, 0.2) is 0 Å². The maximum atomic E-state index is 3.50. The first-order chi connectivity index (χ1) is 10.1. The third-order valence-electron chi connectivity index (χ3n) is 4.86. The summed E-state index contributed by atoms with van der Waals surface area (Å²) in [6, 6.07) is 9.52. The Kier molecular flexibility index (Phi) is 5.69. The second-order valence-electron chi connectivity index (χ2n) is 6.73. The molecule has 0 aliphatic carbocycles. The molecular formula is C19H32N2. The van der Waals surface area contributed by atoms with Gasteiger partial charge in [-0.05, 0) is 44.0 Å². The van der Waals surface area contributed by atoms with E-state index in [0.717, 1.165) is 6.54 Å². The molecule has 2 rings (SSSR count). The van der Waals surface area contributed by atoms with Gasteiger partial charge in [0.2, 0.25) is 0 Å². The van der Waals surface area contributed by atoms with Gasteiger partial charge in [0.1, 0.15) is 0 Å². The molecule has 1 aliphatic heterocycles. The Labute approximate surface area is 130 Å². The van der Waals surface area contributed by atoms with Crippen molar-refractivity contribution in [2.45, 2.75) is 59.4 Å². The van der Waals surface area contributed by atoms with Gasteiger partial charge in [-0.3, -0.25) is 0 Å². The minimum absolute atomic E-state index is 0.437. The Morgan fingerprint density at radius 2 is 1.81 bits per heavy atom. The van der Waals surface area contributed by atoms with Crippen molar-refractivity contribution in [1.82, 2.24) is 5.32 Å². The van der Waals surface area contributed by atoms with Gasteiger partial charge >= 0.3 is 0 Å². The van der Waals surface area contributed by atoms with Crippen molar-refractivity contribution in [2.24, 2.45) is 5.41 Å². The zero-order valence-corrected chi connectivity index (χ0v) is 14.3. The van der Waals surface area contributed by atoms with E-state index >= 15 is 0 Å². The minimum atomic E-state index is 0.437. The second kappa shape index (κ2) is 7.31. The minimum Gasteiger partial charge on any atom is -0.370 e. The normalized spacial score (nSPS) is 18.4. The predicted octanol–water partition coefficient (Wildman–Crippen LogP) is 4.76.